The number of hydrogen-bond donors (Lipinski definition) is 2. The third kappa shape index (κ3) is 5.18. The first-order valence-corrected chi connectivity index (χ1v) is 10.9. The number of benzene rings is 3. The summed E-state index contributed by atoms with van der Waals surface area (Å²) in [6, 6.07) is 20.1. The highest BCUT2D eigenvalue weighted by Gasteiger charge is 2.18. The average molecular weight is 425 g/mol. The van der Waals surface area contributed by atoms with E-state index in [2.05, 4.69) is 10.0 Å². The fourth-order valence-electron chi connectivity index (χ4n) is 2.90. The van der Waals surface area contributed by atoms with Gasteiger partial charge in [-0.05, 0) is 61.9 Å². The zero-order valence-corrected chi connectivity index (χ0v) is 17.9. The molecule has 3 rings (SSSR count). The van der Waals surface area contributed by atoms with E-state index < -0.39 is 10.0 Å². The minimum atomic E-state index is -3.81. The van der Waals surface area contributed by atoms with Crippen LogP contribution in [0.4, 0.5) is 5.69 Å². The van der Waals surface area contributed by atoms with E-state index >= 15 is 0 Å². The second-order valence-corrected chi connectivity index (χ2v) is 8.65. The van der Waals surface area contributed by atoms with Gasteiger partial charge in [-0.25, -0.2) is 8.42 Å². The maximum Gasteiger partial charge on any atom is 0.261 e. The van der Waals surface area contributed by atoms with Crippen molar-refractivity contribution >= 4 is 21.6 Å². The van der Waals surface area contributed by atoms with Crippen molar-refractivity contribution < 1.29 is 17.9 Å². The fraction of sp³-hybridized carbons (Fsp3) is 0.174. The summed E-state index contributed by atoms with van der Waals surface area (Å²) in [4.78, 5) is 12.7. The highest BCUT2D eigenvalue weighted by Crippen LogP contribution is 2.20. The molecule has 30 heavy (non-hydrogen) atoms. The monoisotopic (exact) mass is 424 g/mol. The number of ether oxygens (including phenoxy) is 1. The lowest BCUT2D eigenvalue weighted by Crippen LogP contribution is -2.27. The predicted molar refractivity (Wildman–Crippen MR) is 117 cm³/mol. The van der Waals surface area contributed by atoms with Crippen LogP contribution >= 0.6 is 0 Å². The zero-order chi connectivity index (χ0) is 21.7. The van der Waals surface area contributed by atoms with Gasteiger partial charge >= 0.3 is 0 Å². The Bertz CT molecular complexity index is 1120. The molecule has 0 bridgehead atoms. The van der Waals surface area contributed by atoms with E-state index in [9.17, 15) is 13.2 Å². The van der Waals surface area contributed by atoms with E-state index in [1.807, 2.05) is 50.2 Å². The molecule has 0 saturated carbocycles. The zero-order valence-electron chi connectivity index (χ0n) is 17.0. The summed E-state index contributed by atoms with van der Waals surface area (Å²) < 4.78 is 33.1. The number of rotatable bonds is 7. The topological polar surface area (TPSA) is 84.5 Å². The third-order valence-corrected chi connectivity index (χ3v) is 6.05. The number of hydrogen-bond acceptors (Lipinski definition) is 4. The van der Waals surface area contributed by atoms with Crippen molar-refractivity contribution in [3.63, 3.8) is 0 Å². The number of anilines is 1. The van der Waals surface area contributed by atoms with Crippen LogP contribution in [0.5, 0.6) is 5.75 Å². The molecule has 0 aromatic heterocycles. The second kappa shape index (κ2) is 9.00. The molecule has 3 aromatic carbocycles. The Hall–Kier alpha value is -3.32. The van der Waals surface area contributed by atoms with Gasteiger partial charge in [0.2, 0.25) is 0 Å². The second-order valence-electron chi connectivity index (χ2n) is 6.97. The average Bonchev–Trinajstić information content (AvgIpc) is 2.75. The van der Waals surface area contributed by atoms with Crippen molar-refractivity contribution in [3.05, 3.63) is 89.5 Å². The smallest absolute Gasteiger partial charge is 0.261 e. The van der Waals surface area contributed by atoms with Gasteiger partial charge in [0.1, 0.15) is 5.75 Å². The van der Waals surface area contributed by atoms with Gasteiger partial charge in [0, 0.05) is 11.3 Å². The standard InChI is InChI=1S/C23H24N2O4S/c1-16-7-11-20(12-8-16)25-30(27,28)22-6-4-5-19(15-22)23(26)24-17(2)18-9-13-21(29-3)14-10-18/h4-15,17,25H,1-3H3,(H,24,26)/t17-/m1/s1. The minimum absolute atomic E-state index is 0.0211. The van der Waals surface area contributed by atoms with Crippen LogP contribution in [-0.4, -0.2) is 21.4 Å². The molecule has 0 unspecified atom stereocenters. The molecular formula is C23H24N2O4S. The van der Waals surface area contributed by atoms with Gasteiger partial charge in [-0.15, -0.1) is 0 Å². The number of amides is 1. The first-order valence-electron chi connectivity index (χ1n) is 9.43. The molecule has 0 radical (unpaired) electrons. The summed E-state index contributed by atoms with van der Waals surface area (Å²) in [6.45, 7) is 3.78. The van der Waals surface area contributed by atoms with E-state index in [1.54, 1.807) is 31.4 Å². The Morgan fingerprint density at radius 3 is 2.27 bits per heavy atom. The lowest BCUT2D eigenvalue weighted by atomic mass is 10.1. The van der Waals surface area contributed by atoms with E-state index in [4.69, 9.17) is 4.74 Å². The molecule has 3 aromatic rings. The molecule has 0 aliphatic carbocycles. The van der Waals surface area contributed by atoms with E-state index in [0.717, 1.165) is 16.9 Å². The molecule has 0 aliphatic rings. The molecular weight excluding hydrogens is 400 g/mol. The first-order chi connectivity index (χ1) is 14.3. The normalized spacial score (nSPS) is 12.1. The SMILES string of the molecule is COc1ccc([C@@H](C)NC(=O)c2cccc(S(=O)(=O)Nc3ccc(C)cc3)c2)cc1. The van der Waals surface area contributed by atoms with Crippen molar-refractivity contribution in [1.82, 2.24) is 5.32 Å². The Kier molecular flexibility index (Phi) is 6.42. The summed E-state index contributed by atoms with van der Waals surface area (Å²) in [7, 11) is -2.22. The molecule has 2 N–H and O–H groups in total. The van der Waals surface area contributed by atoms with Crippen molar-refractivity contribution in [2.24, 2.45) is 0 Å². The van der Waals surface area contributed by atoms with Crippen molar-refractivity contribution in [2.75, 3.05) is 11.8 Å². The van der Waals surface area contributed by atoms with Crippen LogP contribution in [0.15, 0.2) is 77.7 Å². The van der Waals surface area contributed by atoms with Crippen molar-refractivity contribution in [3.8, 4) is 5.75 Å². The minimum Gasteiger partial charge on any atom is -0.497 e. The molecule has 0 fully saturated rings. The van der Waals surface area contributed by atoms with Gasteiger partial charge in [-0.1, -0.05) is 35.9 Å². The van der Waals surface area contributed by atoms with Gasteiger partial charge in [-0.2, -0.15) is 0 Å². The van der Waals surface area contributed by atoms with Crippen molar-refractivity contribution in [2.45, 2.75) is 24.8 Å². The van der Waals surface area contributed by atoms with Crippen molar-refractivity contribution in [1.29, 1.82) is 0 Å². The number of sulfonamides is 1. The van der Waals surface area contributed by atoms with Crippen LogP contribution in [0.1, 0.15) is 34.5 Å². The van der Waals surface area contributed by atoms with E-state index in [1.165, 1.54) is 12.1 Å². The number of methoxy groups -OCH3 is 1. The quantitative estimate of drug-likeness (QED) is 0.592. The van der Waals surface area contributed by atoms with Crippen LogP contribution in [0.25, 0.3) is 0 Å². The predicted octanol–water partition coefficient (Wildman–Crippen LogP) is 4.30. The van der Waals surface area contributed by atoms with Gasteiger partial charge in [-0.3, -0.25) is 9.52 Å². The van der Waals surface area contributed by atoms with Crippen LogP contribution in [0, 0.1) is 6.92 Å². The third-order valence-electron chi connectivity index (χ3n) is 4.67. The molecule has 0 saturated heterocycles. The number of aryl methyl sites for hydroxylation is 1. The molecule has 0 aliphatic heterocycles. The van der Waals surface area contributed by atoms with Gasteiger partial charge < -0.3 is 10.1 Å². The molecule has 6 nitrogen and oxygen atoms in total. The summed E-state index contributed by atoms with van der Waals surface area (Å²) in [6.07, 6.45) is 0. The lowest BCUT2D eigenvalue weighted by molar-refractivity contribution is 0.0939. The van der Waals surface area contributed by atoms with E-state index in [-0.39, 0.29) is 22.4 Å². The van der Waals surface area contributed by atoms with Gasteiger partial charge in [0.15, 0.2) is 0 Å². The van der Waals surface area contributed by atoms with Crippen LogP contribution in [0.3, 0.4) is 0 Å². The lowest BCUT2D eigenvalue weighted by Gasteiger charge is -2.15. The maximum absolute atomic E-state index is 12.7. The molecule has 7 heteroatoms. The molecule has 1 atom stereocenters. The molecule has 0 heterocycles. The summed E-state index contributed by atoms with van der Waals surface area (Å²) >= 11 is 0. The molecule has 0 spiro atoms. The van der Waals surface area contributed by atoms with Crippen LogP contribution in [0.2, 0.25) is 0 Å². The maximum atomic E-state index is 12.7. The summed E-state index contributed by atoms with van der Waals surface area (Å²) in [5, 5.41) is 2.89. The highest BCUT2D eigenvalue weighted by atomic mass is 32.2. The van der Waals surface area contributed by atoms with E-state index in [0.29, 0.717) is 5.69 Å². The summed E-state index contributed by atoms with van der Waals surface area (Å²) in [5.41, 5.74) is 2.67. The number of nitrogens with one attached hydrogen (secondary N) is 2. The fourth-order valence-corrected chi connectivity index (χ4v) is 4.00. The summed E-state index contributed by atoms with van der Waals surface area (Å²) in [5.74, 6) is 0.377. The first kappa shape index (κ1) is 21.4. The highest BCUT2D eigenvalue weighted by molar-refractivity contribution is 7.92. The van der Waals surface area contributed by atoms with Gasteiger partial charge in [0.05, 0.1) is 18.0 Å². The van der Waals surface area contributed by atoms with Gasteiger partial charge in [0.25, 0.3) is 15.9 Å². The molecule has 1 amide bonds. The Morgan fingerprint density at radius 1 is 0.967 bits per heavy atom. The number of carbonyl (C=O) groups is 1. The Morgan fingerprint density at radius 2 is 1.63 bits per heavy atom. The number of carbonyl (C=O) groups excluding carboxylic acids is 1. The van der Waals surface area contributed by atoms with Crippen LogP contribution in [-0.2, 0) is 10.0 Å². The Balaban J connectivity index is 1.74. The van der Waals surface area contributed by atoms with Crippen LogP contribution < -0.4 is 14.8 Å². The molecule has 156 valence electrons. The Labute approximate surface area is 177 Å². The largest absolute Gasteiger partial charge is 0.497 e.